The highest BCUT2D eigenvalue weighted by atomic mass is 16.5. The van der Waals surface area contributed by atoms with Crippen molar-refractivity contribution in [2.75, 3.05) is 6.61 Å². The molecule has 0 aliphatic carbocycles. The molecular weight excluding hydrogens is 266 g/mol. The molecule has 118 valence electrons. The molecule has 1 rings (SSSR count). The van der Waals surface area contributed by atoms with Gasteiger partial charge < -0.3 is 15.6 Å². The number of rotatable bonds is 9. The van der Waals surface area contributed by atoms with Gasteiger partial charge in [0, 0.05) is 0 Å². The van der Waals surface area contributed by atoms with Gasteiger partial charge in [-0.2, -0.15) is 0 Å². The van der Waals surface area contributed by atoms with E-state index in [0.29, 0.717) is 31.8 Å². The highest BCUT2D eigenvalue weighted by molar-refractivity contribution is 5.78. The largest absolute Gasteiger partial charge is 0.493 e. The number of benzene rings is 1. The van der Waals surface area contributed by atoms with Gasteiger partial charge >= 0.3 is 5.97 Å². The maximum atomic E-state index is 11.1. The van der Waals surface area contributed by atoms with Crippen molar-refractivity contribution in [3.63, 3.8) is 0 Å². The molecule has 2 unspecified atom stereocenters. The number of ether oxygens (including phenoxy) is 1. The molecule has 0 fully saturated rings. The van der Waals surface area contributed by atoms with Crippen LogP contribution in [0.2, 0.25) is 0 Å². The number of carbonyl (C=O) groups is 1. The van der Waals surface area contributed by atoms with Gasteiger partial charge in [-0.3, -0.25) is 4.79 Å². The second kappa shape index (κ2) is 8.03. The van der Waals surface area contributed by atoms with E-state index < -0.39 is 11.5 Å². The normalized spacial score (nSPS) is 15.2. The third-order valence-corrected chi connectivity index (χ3v) is 4.14. The Kier molecular flexibility index (Phi) is 6.69. The minimum atomic E-state index is -1.14. The first-order chi connectivity index (χ1) is 9.94. The molecule has 0 aliphatic heterocycles. The maximum Gasteiger partial charge on any atom is 0.323 e. The Morgan fingerprint density at radius 1 is 1.38 bits per heavy atom. The second-order valence-electron chi connectivity index (χ2n) is 5.61. The van der Waals surface area contributed by atoms with Crippen LogP contribution < -0.4 is 10.5 Å². The third-order valence-electron chi connectivity index (χ3n) is 4.14. The first kappa shape index (κ1) is 17.5. The van der Waals surface area contributed by atoms with Crippen LogP contribution in [0.25, 0.3) is 0 Å². The van der Waals surface area contributed by atoms with Gasteiger partial charge in [0.15, 0.2) is 0 Å². The Morgan fingerprint density at radius 3 is 2.62 bits per heavy atom. The number of carboxylic acids is 1. The molecule has 0 amide bonds. The van der Waals surface area contributed by atoms with Gasteiger partial charge in [-0.1, -0.05) is 39.0 Å². The van der Waals surface area contributed by atoms with Gasteiger partial charge in [0.25, 0.3) is 0 Å². The summed E-state index contributed by atoms with van der Waals surface area (Å²) in [5.41, 5.74) is 5.93. The number of carboxylic acid groups (broad SMARTS) is 1. The van der Waals surface area contributed by atoms with Crippen molar-refractivity contribution in [3.05, 3.63) is 29.8 Å². The summed E-state index contributed by atoms with van der Waals surface area (Å²) in [4.78, 5) is 11.1. The van der Waals surface area contributed by atoms with Crippen LogP contribution in [0.1, 0.15) is 57.9 Å². The average molecular weight is 293 g/mol. The molecule has 1 aromatic rings. The van der Waals surface area contributed by atoms with Crippen LogP contribution in [0.15, 0.2) is 24.3 Å². The van der Waals surface area contributed by atoms with Crippen LogP contribution in [0.3, 0.4) is 0 Å². The van der Waals surface area contributed by atoms with Crippen molar-refractivity contribution in [3.8, 4) is 5.75 Å². The zero-order valence-corrected chi connectivity index (χ0v) is 13.3. The molecule has 1 aromatic carbocycles. The Hall–Kier alpha value is -1.55. The van der Waals surface area contributed by atoms with Crippen LogP contribution in [0.4, 0.5) is 0 Å². The molecule has 3 N–H and O–H groups in total. The monoisotopic (exact) mass is 293 g/mol. The van der Waals surface area contributed by atoms with E-state index >= 15 is 0 Å². The molecular formula is C17H27NO3. The predicted molar refractivity (Wildman–Crippen MR) is 84.7 cm³/mol. The lowest BCUT2D eigenvalue weighted by atomic mass is 9.92. The fraction of sp³-hybridized carbons (Fsp3) is 0.588. The van der Waals surface area contributed by atoms with E-state index in [1.165, 1.54) is 5.56 Å². The number of hydrogen-bond donors (Lipinski definition) is 2. The van der Waals surface area contributed by atoms with Crippen LogP contribution in [-0.4, -0.2) is 23.2 Å². The quantitative estimate of drug-likeness (QED) is 0.683. The van der Waals surface area contributed by atoms with Crippen LogP contribution in [-0.2, 0) is 4.79 Å². The van der Waals surface area contributed by atoms with Crippen molar-refractivity contribution < 1.29 is 14.6 Å². The Labute approximate surface area is 127 Å². The Balaban J connectivity index is 2.55. The molecule has 0 aliphatic rings. The topological polar surface area (TPSA) is 72.5 Å². The molecule has 0 aromatic heterocycles. The van der Waals surface area contributed by atoms with Gasteiger partial charge in [0.2, 0.25) is 0 Å². The highest BCUT2D eigenvalue weighted by Crippen LogP contribution is 2.28. The van der Waals surface area contributed by atoms with E-state index in [1.807, 2.05) is 18.2 Å². The zero-order valence-electron chi connectivity index (χ0n) is 13.3. The molecule has 0 saturated heterocycles. The minimum Gasteiger partial charge on any atom is -0.493 e. The lowest BCUT2D eigenvalue weighted by Crippen LogP contribution is -2.47. The summed E-state index contributed by atoms with van der Waals surface area (Å²) in [6.07, 6.45) is 2.53. The molecule has 0 bridgehead atoms. The highest BCUT2D eigenvalue weighted by Gasteiger charge is 2.31. The van der Waals surface area contributed by atoms with Crippen molar-refractivity contribution in [2.45, 2.75) is 57.9 Å². The van der Waals surface area contributed by atoms with Crippen LogP contribution in [0.5, 0.6) is 5.75 Å². The Bertz CT molecular complexity index is 461. The molecule has 21 heavy (non-hydrogen) atoms. The average Bonchev–Trinajstić information content (AvgIpc) is 2.50. The van der Waals surface area contributed by atoms with E-state index in [9.17, 15) is 4.79 Å². The fourth-order valence-corrected chi connectivity index (χ4v) is 2.24. The van der Waals surface area contributed by atoms with Gasteiger partial charge in [-0.05, 0) is 43.2 Å². The minimum absolute atomic E-state index is 0.421. The molecule has 0 saturated carbocycles. The van der Waals surface area contributed by atoms with Crippen LogP contribution in [0, 0.1) is 0 Å². The maximum absolute atomic E-state index is 11.1. The number of hydrogen-bond acceptors (Lipinski definition) is 3. The van der Waals surface area contributed by atoms with Crippen molar-refractivity contribution in [1.29, 1.82) is 0 Å². The van der Waals surface area contributed by atoms with E-state index in [4.69, 9.17) is 15.6 Å². The van der Waals surface area contributed by atoms with E-state index in [0.717, 1.165) is 12.2 Å². The summed E-state index contributed by atoms with van der Waals surface area (Å²) in [6, 6.07) is 8.02. The Morgan fingerprint density at radius 2 is 2.05 bits per heavy atom. The van der Waals surface area contributed by atoms with Crippen molar-refractivity contribution in [2.24, 2.45) is 5.73 Å². The number of aliphatic carboxylic acids is 1. The molecule has 2 atom stereocenters. The second-order valence-corrected chi connectivity index (χ2v) is 5.61. The summed E-state index contributed by atoms with van der Waals surface area (Å²) >= 11 is 0. The number of nitrogens with two attached hydrogens (primary N) is 1. The molecule has 0 spiro atoms. The standard InChI is InChI=1S/C17H27NO3/c1-4-13(3)14-9-6-7-10-15(14)21-12-8-11-17(18,5-2)16(19)20/h6-7,9-10,13H,4-5,8,11-12,18H2,1-3H3,(H,19,20). The van der Waals surface area contributed by atoms with E-state index in [2.05, 4.69) is 19.9 Å². The van der Waals surface area contributed by atoms with Gasteiger partial charge in [0.05, 0.1) is 6.61 Å². The summed E-state index contributed by atoms with van der Waals surface area (Å²) in [7, 11) is 0. The fourth-order valence-electron chi connectivity index (χ4n) is 2.24. The lowest BCUT2D eigenvalue weighted by Gasteiger charge is -2.23. The third kappa shape index (κ3) is 4.74. The first-order valence-electron chi connectivity index (χ1n) is 7.68. The SMILES string of the molecule is CCC(C)c1ccccc1OCCCC(N)(CC)C(=O)O. The van der Waals surface area contributed by atoms with Crippen LogP contribution >= 0.6 is 0 Å². The molecule has 0 heterocycles. The van der Waals surface area contributed by atoms with E-state index in [1.54, 1.807) is 6.92 Å². The van der Waals surface area contributed by atoms with Gasteiger partial charge in [0.1, 0.15) is 11.3 Å². The van der Waals surface area contributed by atoms with Gasteiger partial charge in [-0.15, -0.1) is 0 Å². The summed E-state index contributed by atoms with van der Waals surface area (Å²) in [6.45, 7) is 6.61. The van der Waals surface area contributed by atoms with Crippen molar-refractivity contribution >= 4 is 5.97 Å². The summed E-state index contributed by atoms with van der Waals surface area (Å²) < 4.78 is 5.83. The van der Waals surface area contributed by atoms with Gasteiger partial charge in [-0.25, -0.2) is 0 Å². The number of para-hydroxylation sites is 1. The zero-order chi connectivity index (χ0) is 15.9. The predicted octanol–water partition coefficient (Wildman–Crippen LogP) is 3.55. The lowest BCUT2D eigenvalue weighted by molar-refractivity contribution is -0.143. The summed E-state index contributed by atoms with van der Waals surface area (Å²) in [5, 5.41) is 9.13. The first-order valence-corrected chi connectivity index (χ1v) is 7.68. The molecule has 4 nitrogen and oxygen atoms in total. The van der Waals surface area contributed by atoms with E-state index in [-0.39, 0.29) is 0 Å². The summed E-state index contributed by atoms with van der Waals surface area (Å²) in [5.74, 6) is 0.399. The smallest absolute Gasteiger partial charge is 0.323 e. The van der Waals surface area contributed by atoms with Crippen molar-refractivity contribution in [1.82, 2.24) is 0 Å². The molecule has 4 heteroatoms. The molecule has 0 radical (unpaired) electrons.